The van der Waals surface area contributed by atoms with E-state index in [1.807, 2.05) is 6.92 Å². The van der Waals surface area contributed by atoms with E-state index in [0.29, 0.717) is 52.5 Å². The van der Waals surface area contributed by atoms with Crippen LogP contribution in [-0.4, -0.2) is 18.3 Å². The number of fused-ring (bicyclic) bond motifs is 1. The molecule has 152 valence electrons. The van der Waals surface area contributed by atoms with Gasteiger partial charge in [0.2, 0.25) is 17.7 Å². The van der Waals surface area contributed by atoms with Crippen LogP contribution in [0, 0.1) is 12.1 Å². The van der Waals surface area contributed by atoms with Crippen LogP contribution < -0.4 is 19.9 Å². The molecule has 0 fully saturated rings. The normalized spacial score (nSPS) is 13.8. The number of benzene rings is 2. The van der Waals surface area contributed by atoms with Crippen LogP contribution in [0.4, 0.5) is 0 Å². The highest BCUT2D eigenvalue weighted by Gasteiger charge is 2.27. The standard InChI is InChI=1S/C23H20N2O5/c1-14-20(10-9-17-19(26)11-13-29-21(14)17)30-22(18-4-2-3-12-25(18)28)15-5-7-16(8-6-15)23(24)27/h2-10,12,22H,11,13H2,1H3,(H2,24,27)/t22-/m1/s1. The number of nitrogens with zero attached hydrogens (tertiary/aromatic N) is 1. The summed E-state index contributed by atoms with van der Waals surface area (Å²) in [6.45, 7) is 2.14. The topological polar surface area (TPSA) is 106 Å². The van der Waals surface area contributed by atoms with Gasteiger partial charge in [0.1, 0.15) is 11.5 Å². The van der Waals surface area contributed by atoms with Gasteiger partial charge in [0.05, 0.1) is 12.2 Å². The second-order valence-electron chi connectivity index (χ2n) is 7.02. The number of ether oxygens (including phenoxy) is 2. The Balaban J connectivity index is 1.77. The zero-order valence-electron chi connectivity index (χ0n) is 16.3. The van der Waals surface area contributed by atoms with Gasteiger partial charge >= 0.3 is 0 Å². The highest BCUT2D eigenvalue weighted by Crippen LogP contribution is 2.37. The van der Waals surface area contributed by atoms with Crippen LogP contribution in [0.15, 0.2) is 60.8 Å². The van der Waals surface area contributed by atoms with Gasteiger partial charge in [-0.15, -0.1) is 0 Å². The number of carbonyl (C=O) groups is 2. The van der Waals surface area contributed by atoms with Crippen molar-refractivity contribution in [3.05, 3.63) is 93.9 Å². The number of amides is 1. The molecule has 1 amide bonds. The lowest BCUT2D eigenvalue weighted by molar-refractivity contribution is -0.617. The summed E-state index contributed by atoms with van der Waals surface area (Å²) < 4.78 is 12.7. The van der Waals surface area contributed by atoms with Gasteiger partial charge in [-0.25, -0.2) is 0 Å². The van der Waals surface area contributed by atoms with Gasteiger partial charge < -0.3 is 20.4 Å². The van der Waals surface area contributed by atoms with E-state index >= 15 is 0 Å². The number of nitrogens with two attached hydrogens (primary N) is 1. The Hall–Kier alpha value is -3.87. The number of hydrogen-bond acceptors (Lipinski definition) is 5. The fourth-order valence-corrected chi connectivity index (χ4v) is 3.48. The average molecular weight is 404 g/mol. The fourth-order valence-electron chi connectivity index (χ4n) is 3.48. The molecule has 2 aromatic carbocycles. The molecular formula is C23H20N2O5. The first-order valence-corrected chi connectivity index (χ1v) is 9.50. The Morgan fingerprint density at radius 1 is 1.17 bits per heavy atom. The number of Topliss-reactive ketones (excluding diaryl/α,β-unsaturated/α-hetero) is 1. The lowest BCUT2D eigenvalue weighted by atomic mass is 10.0. The fraction of sp³-hybridized carbons (Fsp3) is 0.174. The van der Waals surface area contributed by atoms with Crippen LogP contribution in [0.5, 0.6) is 11.5 Å². The number of rotatable bonds is 5. The third-order valence-electron chi connectivity index (χ3n) is 5.10. The molecule has 7 nitrogen and oxygen atoms in total. The third kappa shape index (κ3) is 3.57. The molecule has 2 heterocycles. The van der Waals surface area contributed by atoms with Gasteiger partial charge in [-0.1, -0.05) is 12.1 Å². The largest absolute Gasteiger partial charge is 0.618 e. The Morgan fingerprint density at radius 2 is 1.93 bits per heavy atom. The van der Waals surface area contributed by atoms with E-state index in [-0.39, 0.29) is 5.78 Å². The van der Waals surface area contributed by atoms with Crippen LogP contribution in [0.1, 0.15) is 50.1 Å². The van der Waals surface area contributed by atoms with Crippen molar-refractivity contribution in [3.63, 3.8) is 0 Å². The number of pyridine rings is 1. The molecule has 0 bridgehead atoms. The van der Waals surface area contributed by atoms with Gasteiger partial charge in [-0.3, -0.25) is 9.59 Å². The molecule has 0 saturated heterocycles. The van der Waals surface area contributed by atoms with Crippen LogP contribution >= 0.6 is 0 Å². The monoisotopic (exact) mass is 404 g/mol. The molecular weight excluding hydrogens is 384 g/mol. The molecule has 0 saturated carbocycles. The van der Waals surface area contributed by atoms with Crippen molar-refractivity contribution in [3.8, 4) is 11.5 Å². The zero-order chi connectivity index (χ0) is 21.3. The summed E-state index contributed by atoms with van der Waals surface area (Å²) in [6, 6.07) is 15.0. The van der Waals surface area contributed by atoms with Crippen molar-refractivity contribution in [2.24, 2.45) is 5.73 Å². The minimum atomic E-state index is -0.748. The first-order valence-electron chi connectivity index (χ1n) is 9.50. The Kier molecular flexibility index (Phi) is 5.10. The summed E-state index contributed by atoms with van der Waals surface area (Å²) in [4.78, 5) is 23.5. The van der Waals surface area contributed by atoms with Crippen molar-refractivity contribution >= 4 is 11.7 Å². The molecule has 0 radical (unpaired) electrons. The molecule has 3 aromatic rings. The smallest absolute Gasteiger partial charge is 0.248 e. The summed E-state index contributed by atoms with van der Waals surface area (Å²) in [7, 11) is 0. The molecule has 1 aromatic heterocycles. The molecule has 1 aliphatic heterocycles. The third-order valence-corrected chi connectivity index (χ3v) is 5.10. The van der Waals surface area contributed by atoms with E-state index in [1.54, 1.807) is 54.6 Å². The predicted molar refractivity (Wildman–Crippen MR) is 108 cm³/mol. The van der Waals surface area contributed by atoms with E-state index in [2.05, 4.69) is 0 Å². The number of hydrogen-bond donors (Lipinski definition) is 1. The van der Waals surface area contributed by atoms with E-state index in [9.17, 15) is 14.8 Å². The molecule has 2 N–H and O–H groups in total. The maximum Gasteiger partial charge on any atom is 0.248 e. The SMILES string of the molecule is Cc1c(O[C@H](c2ccc(C(N)=O)cc2)c2cccc[n+]2[O-])ccc2c1OCCC2=O. The number of ketones is 1. The molecule has 1 atom stereocenters. The first kappa shape index (κ1) is 19.4. The lowest BCUT2D eigenvalue weighted by Gasteiger charge is -2.23. The second-order valence-corrected chi connectivity index (χ2v) is 7.02. The van der Waals surface area contributed by atoms with Gasteiger partial charge in [-0.05, 0) is 37.3 Å². The molecule has 0 aliphatic carbocycles. The average Bonchev–Trinajstić information content (AvgIpc) is 2.75. The minimum Gasteiger partial charge on any atom is -0.618 e. The van der Waals surface area contributed by atoms with Crippen molar-refractivity contribution < 1.29 is 23.8 Å². The van der Waals surface area contributed by atoms with Gasteiger partial charge in [0.15, 0.2) is 12.0 Å². The number of carbonyl (C=O) groups excluding carboxylic acids is 2. The van der Waals surface area contributed by atoms with Gasteiger partial charge in [-0.2, -0.15) is 4.73 Å². The second kappa shape index (κ2) is 7.87. The van der Waals surface area contributed by atoms with E-state index in [1.165, 1.54) is 6.20 Å². The summed E-state index contributed by atoms with van der Waals surface area (Å²) in [5.41, 5.74) is 7.95. The number of aromatic nitrogens is 1. The maximum atomic E-state index is 12.5. The maximum absolute atomic E-state index is 12.5. The molecule has 7 heteroatoms. The first-order chi connectivity index (χ1) is 14.5. The highest BCUT2D eigenvalue weighted by atomic mass is 16.5. The Morgan fingerprint density at radius 3 is 2.63 bits per heavy atom. The van der Waals surface area contributed by atoms with Gasteiger partial charge in [0, 0.05) is 35.2 Å². The van der Waals surface area contributed by atoms with E-state index in [0.717, 1.165) is 4.73 Å². The van der Waals surface area contributed by atoms with Crippen molar-refractivity contribution in [1.29, 1.82) is 0 Å². The van der Waals surface area contributed by atoms with Crippen LogP contribution in [0.2, 0.25) is 0 Å². The van der Waals surface area contributed by atoms with Crippen LogP contribution in [0.3, 0.4) is 0 Å². The minimum absolute atomic E-state index is 0.0324. The lowest BCUT2D eigenvalue weighted by Crippen LogP contribution is -2.34. The number of primary amides is 1. The summed E-state index contributed by atoms with van der Waals surface area (Å²) in [5.74, 6) is 0.501. The van der Waals surface area contributed by atoms with Crippen molar-refractivity contribution in [2.45, 2.75) is 19.4 Å². The van der Waals surface area contributed by atoms with E-state index < -0.39 is 12.0 Å². The van der Waals surface area contributed by atoms with Crippen LogP contribution in [0.25, 0.3) is 0 Å². The van der Waals surface area contributed by atoms with E-state index in [4.69, 9.17) is 15.2 Å². The molecule has 1 aliphatic rings. The zero-order valence-corrected chi connectivity index (χ0v) is 16.3. The Bertz CT molecular complexity index is 1120. The molecule has 30 heavy (non-hydrogen) atoms. The van der Waals surface area contributed by atoms with Gasteiger partial charge in [0.25, 0.3) is 0 Å². The summed E-state index contributed by atoms with van der Waals surface area (Å²) in [6.07, 6.45) is 0.994. The molecule has 4 rings (SSSR count). The van der Waals surface area contributed by atoms with Crippen molar-refractivity contribution in [1.82, 2.24) is 0 Å². The molecule has 0 spiro atoms. The highest BCUT2D eigenvalue weighted by molar-refractivity contribution is 6.00. The summed E-state index contributed by atoms with van der Waals surface area (Å²) >= 11 is 0. The van der Waals surface area contributed by atoms with Crippen LogP contribution in [-0.2, 0) is 0 Å². The quantitative estimate of drug-likeness (QED) is 0.520. The Labute approximate surface area is 173 Å². The molecule has 0 unspecified atom stereocenters. The predicted octanol–water partition coefficient (Wildman–Crippen LogP) is 2.86. The van der Waals surface area contributed by atoms with Crippen molar-refractivity contribution in [2.75, 3.05) is 6.61 Å². The summed E-state index contributed by atoms with van der Waals surface area (Å²) in [5, 5.41) is 12.5.